The molecular weight excluding hydrogens is 440 g/mol. The minimum absolute atomic E-state index is 0.0206. The Hall–Kier alpha value is -3.16. The van der Waals surface area contributed by atoms with Gasteiger partial charge in [-0.1, -0.05) is 31.2 Å². The van der Waals surface area contributed by atoms with Gasteiger partial charge in [0, 0.05) is 56.0 Å². The van der Waals surface area contributed by atoms with Crippen molar-refractivity contribution in [2.45, 2.75) is 45.2 Å². The van der Waals surface area contributed by atoms with Crippen LogP contribution in [0.3, 0.4) is 0 Å². The number of amides is 2. The number of likely N-dealkylation sites (tertiary alicyclic amines) is 1. The fraction of sp³-hybridized carbons (Fsp3) is 0.429. The van der Waals surface area contributed by atoms with Crippen LogP contribution < -0.4 is 11.1 Å². The number of hydrogen-bond donors (Lipinski definition) is 3. The Morgan fingerprint density at radius 1 is 1.09 bits per heavy atom. The summed E-state index contributed by atoms with van der Waals surface area (Å²) in [7, 11) is 0. The van der Waals surface area contributed by atoms with Crippen LogP contribution in [0, 0.1) is 0 Å². The molecule has 2 aromatic rings. The first kappa shape index (κ1) is 24.9. The van der Waals surface area contributed by atoms with Crippen molar-refractivity contribution < 1.29 is 14.7 Å². The third kappa shape index (κ3) is 5.92. The van der Waals surface area contributed by atoms with Crippen LogP contribution in [0.1, 0.15) is 54.9 Å². The molecule has 2 heterocycles. The molecule has 0 spiro atoms. The Balaban J connectivity index is 1.55. The molecule has 2 aliphatic rings. The van der Waals surface area contributed by atoms with E-state index in [0.717, 1.165) is 60.3 Å². The van der Waals surface area contributed by atoms with Gasteiger partial charge in [-0.2, -0.15) is 0 Å². The smallest absolute Gasteiger partial charge is 0.253 e. The second-order valence-corrected chi connectivity index (χ2v) is 9.37. The minimum Gasteiger partial charge on any atom is -0.396 e. The van der Waals surface area contributed by atoms with Crippen LogP contribution >= 0.6 is 0 Å². The number of hydrogen-bond acceptors (Lipinski definition) is 5. The van der Waals surface area contributed by atoms with Crippen molar-refractivity contribution in [3.8, 4) is 11.1 Å². The highest BCUT2D eigenvalue weighted by Gasteiger charge is 2.23. The Labute approximate surface area is 207 Å². The maximum absolute atomic E-state index is 13.2. The molecule has 1 fully saturated rings. The summed E-state index contributed by atoms with van der Waals surface area (Å²) in [6.07, 6.45) is 5.55. The van der Waals surface area contributed by atoms with Crippen LogP contribution in [0.4, 0.5) is 5.69 Å². The molecule has 1 atom stereocenters. The molecule has 0 radical (unpaired) electrons. The van der Waals surface area contributed by atoms with Crippen molar-refractivity contribution in [3.05, 3.63) is 59.2 Å². The number of benzene rings is 2. The number of carbonyl (C=O) groups excluding carboxylic acids is 2. The maximum Gasteiger partial charge on any atom is 0.253 e. The van der Waals surface area contributed by atoms with Gasteiger partial charge in [-0.05, 0) is 66.6 Å². The largest absolute Gasteiger partial charge is 0.396 e. The lowest BCUT2D eigenvalue weighted by Gasteiger charge is -2.24. The summed E-state index contributed by atoms with van der Waals surface area (Å²) in [6, 6.07) is 13.8. The highest BCUT2D eigenvalue weighted by Crippen LogP contribution is 2.31. The van der Waals surface area contributed by atoms with E-state index >= 15 is 0 Å². The van der Waals surface area contributed by atoms with Crippen LogP contribution in [0.2, 0.25) is 0 Å². The van der Waals surface area contributed by atoms with E-state index in [4.69, 9.17) is 5.73 Å². The second-order valence-electron chi connectivity index (χ2n) is 9.37. The number of nitrogens with zero attached hydrogens (tertiary/aromatic N) is 2. The molecule has 1 unspecified atom stereocenters. The van der Waals surface area contributed by atoms with Gasteiger partial charge in [0.15, 0.2) is 0 Å². The lowest BCUT2D eigenvalue weighted by atomic mass is 10.00. The van der Waals surface area contributed by atoms with E-state index in [2.05, 4.69) is 5.32 Å². The van der Waals surface area contributed by atoms with Gasteiger partial charge < -0.3 is 26.0 Å². The maximum atomic E-state index is 13.2. The number of anilines is 1. The predicted molar refractivity (Wildman–Crippen MR) is 140 cm³/mol. The van der Waals surface area contributed by atoms with Crippen molar-refractivity contribution in [2.24, 2.45) is 5.73 Å². The normalized spacial score (nSPS) is 17.3. The van der Waals surface area contributed by atoms with Crippen LogP contribution in [-0.4, -0.2) is 65.7 Å². The summed E-state index contributed by atoms with van der Waals surface area (Å²) in [6.45, 7) is 4.97. The van der Waals surface area contributed by atoms with E-state index in [1.807, 2.05) is 60.4 Å². The average molecular weight is 477 g/mol. The zero-order valence-corrected chi connectivity index (χ0v) is 20.5. The number of nitrogens with one attached hydrogen (secondary N) is 1. The Morgan fingerprint density at radius 2 is 1.80 bits per heavy atom. The topological polar surface area (TPSA) is 98.9 Å². The fourth-order valence-electron chi connectivity index (χ4n) is 4.83. The van der Waals surface area contributed by atoms with Gasteiger partial charge in [0.05, 0.1) is 6.17 Å². The summed E-state index contributed by atoms with van der Waals surface area (Å²) < 4.78 is 0. The minimum atomic E-state index is -0.386. The molecule has 2 amide bonds. The zero-order valence-electron chi connectivity index (χ0n) is 20.5. The first-order chi connectivity index (χ1) is 17.0. The van der Waals surface area contributed by atoms with E-state index in [-0.39, 0.29) is 24.6 Å². The number of aliphatic hydroxyl groups excluding tert-OH is 1. The Kier molecular flexibility index (Phi) is 8.21. The van der Waals surface area contributed by atoms with E-state index in [0.29, 0.717) is 31.5 Å². The van der Waals surface area contributed by atoms with Gasteiger partial charge >= 0.3 is 0 Å². The van der Waals surface area contributed by atoms with Crippen LogP contribution in [0.25, 0.3) is 17.2 Å². The van der Waals surface area contributed by atoms with Crippen molar-refractivity contribution in [3.63, 3.8) is 0 Å². The molecule has 186 valence electrons. The van der Waals surface area contributed by atoms with E-state index in [9.17, 15) is 14.7 Å². The van der Waals surface area contributed by atoms with Crippen LogP contribution in [0.15, 0.2) is 48.0 Å². The van der Waals surface area contributed by atoms with E-state index in [1.54, 1.807) is 4.90 Å². The first-order valence-corrected chi connectivity index (χ1v) is 12.7. The standard InChI is InChI=1S/C28H36N4O3/c1-2-12-31(15-5-16-33)28(35)24-17-23-11-10-22(18-25(23)30-26(29)19-24)20-6-8-21(9-7-20)27(34)32-13-3-4-14-32/h6-11,17-18,26,30,33H,2-5,12-16,19,29H2,1H3. The molecular formula is C28H36N4O3. The molecule has 35 heavy (non-hydrogen) atoms. The molecule has 7 nitrogen and oxygen atoms in total. The van der Waals surface area contributed by atoms with Gasteiger partial charge in [-0.15, -0.1) is 0 Å². The van der Waals surface area contributed by atoms with Gasteiger partial charge in [0.2, 0.25) is 5.91 Å². The Morgan fingerprint density at radius 3 is 2.49 bits per heavy atom. The highest BCUT2D eigenvalue weighted by molar-refractivity contribution is 5.99. The third-order valence-electron chi connectivity index (χ3n) is 6.66. The zero-order chi connectivity index (χ0) is 24.8. The van der Waals surface area contributed by atoms with Crippen molar-refractivity contribution >= 4 is 23.6 Å². The molecule has 4 rings (SSSR count). The summed E-state index contributed by atoms with van der Waals surface area (Å²) in [5.74, 6) is 0.0785. The van der Waals surface area contributed by atoms with E-state index in [1.165, 1.54) is 0 Å². The number of fused-ring (bicyclic) bond motifs is 1. The predicted octanol–water partition coefficient (Wildman–Crippen LogP) is 3.69. The molecule has 2 aromatic carbocycles. The van der Waals surface area contributed by atoms with Crippen molar-refractivity contribution in [1.29, 1.82) is 0 Å². The molecule has 1 saturated heterocycles. The number of carbonyl (C=O) groups is 2. The lowest BCUT2D eigenvalue weighted by Crippen LogP contribution is -2.37. The second kappa shape index (κ2) is 11.5. The molecule has 7 heteroatoms. The van der Waals surface area contributed by atoms with Gasteiger partial charge in [0.1, 0.15) is 0 Å². The molecule has 0 saturated carbocycles. The summed E-state index contributed by atoms with van der Waals surface area (Å²) in [4.78, 5) is 29.6. The molecule has 0 bridgehead atoms. The highest BCUT2D eigenvalue weighted by atomic mass is 16.3. The molecule has 2 aliphatic heterocycles. The van der Waals surface area contributed by atoms with Crippen LogP contribution in [-0.2, 0) is 4.79 Å². The molecule has 4 N–H and O–H groups in total. The van der Waals surface area contributed by atoms with E-state index < -0.39 is 0 Å². The molecule has 0 aliphatic carbocycles. The van der Waals surface area contributed by atoms with Gasteiger partial charge in [-0.25, -0.2) is 0 Å². The average Bonchev–Trinajstić information content (AvgIpc) is 3.35. The summed E-state index contributed by atoms with van der Waals surface area (Å²) >= 11 is 0. The first-order valence-electron chi connectivity index (χ1n) is 12.7. The fourth-order valence-corrected chi connectivity index (χ4v) is 4.83. The number of nitrogens with two attached hydrogens (primary N) is 1. The van der Waals surface area contributed by atoms with Gasteiger partial charge in [0.25, 0.3) is 5.91 Å². The monoisotopic (exact) mass is 476 g/mol. The molecule has 0 aromatic heterocycles. The summed E-state index contributed by atoms with van der Waals surface area (Å²) in [5, 5.41) is 12.6. The summed E-state index contributed by atoms with van der Waals surface area (Å²) in [5.41, 5.74) is 11.6. The number of aliphatic hydroxyl groups is 1. The number of rotatable bonds is 8. The SMILES string of the molecule is CCCN(CCCO)C(=O)C1=Cc2ccc(-c3ccc(C(=O)N4CCCC4)cc3)cc2NC(N)C1. The van der Waals surface area contributed by atoms with Crippen LogP contribution in [0.5, 0.6) is 0 Å². The van der Waals surface area contributed by atoms with Gasteiger partial charge in [-0.3, -0.25) is 9.59 Å². The Bertz CT molecular complexity index is 1070. The van der Waals surface area contributed by atoms with Crippen molar-refractivity contribution in [1.82, 2.24) is 9.80 Å². The quantitative estimate of drug-likeness (QED) is 0.540. The third-order valence-corrected chi connectivity index (χ3v) is 6.66. The van der Waals surface area contributed by atoms with Crippen molar-refractivity contribution in [2.75, 3.05) is 38.1 Å². The lowest BCUT2D eigenvalue weighted by molar-refractivity contribution is -0.127.